The van der Waals surface area contributed by atoms with E-state index in [2.05, 4.69) is 52.8 Å². The topological polar surface area (TPSA) is 141 Å². The van der Waals surface area contributed by atoms with Gasteiger partial charge in [-0.3, -0.25) is 14.4 Å². The van der Waals surface area contributed by atoms with E-state index in [0.717, 1.165) is 18.4 Å². The highest BCUT2D eigenvalue weighted by Gasteiger charge is 2.66. The van der Waals surface area contributed by atoms with Crippen molar-refractivity contribution in [2.45, 2.75) is 131 Å². The number of hydrogen-bond donors (Lipinski definition) is 4. The minimum atomic E-state index is -1.68. The average molecular weight is 615 g/mol. The van der Waals surface area contributed by atoms with Crippen LogP contribution in [0, 0.1) is 39.4 Å². The summed E-state index contributed by atoms with van der Waals surface area (Å²) in [5.41, 5.74) is 0.669. The summed E-state index contributed by atoms with van der Waals surface area (Å²) in [6.07, 6.45) is 9.35. The number of aliphatic hydroxyl groups excluding tert-OH is 1. The molecule has 0 spiro atoms. The summed E-state index contributed by atoms with van der Waals surface area (Å²) in [6.45, 7) is 16.4. The highest BCUT2D eigenvalue weighted by molar-refractivity contribution is 5.74. The molecule has 0 heterocycles. The fourth-order valence-corrected chi connectivity index (χ4v) is 9.92. The Morgan fingerprint density at radius 3 is 2.32 bits per heavy atom. The fourth-order valence-electron chi connectivity index (χ4n) is 9.92. The third-order valence-corrected chi connectivity index (χ3v) is 12.4. The number of carbonyl (C=O) groups excluding carboxylic acids is 1. The minimum absolute atomic E-state index is 0.169. The Kier molecular flexibility index (Phi) is 9.17. The zero-order valence-electron chi connectivity index (χ0n) is 27.9. The number of fused-ring (bicyclic) bond motifs is 5. The molecule has 0 aromatic heterocycles. The van der Waals surface area contributed by atoms with E-state index < -0.39 is 47.4 Å². The standard InChI is InChI=1S/C36H54O8/c1-21(2)10-9-11-22(31(41)42)30-25(37)18-36(8)24-12-13-26-32(3,4)27(44-29(40)20-33(5,43)19-28(38)39)15-16-34(26,6)23(24)14-17-35(30,36)7/h10,12,14,22,25-27,30,37,43H,9,11,13,15-20H2,1-8H3,(H,38,39)(H,41,42)/t22-,25-,26+,27-,30+,33+,34-,35-,36+/m1/s1. The summed E-state index contributed by atoms with van der Waals surface area (Å²) >= 11 is 0. The molecule has 8 heteroatoms. The van der Waals surface area contributed by atoms with Crippen molar-refractivity contribution in [3.05, 3.63) is 34.9 Å². The smallest absolute Gasteiger partial charge is 0.309 e. The Balaban J connectivity index is 1.61. The lowest BCUT2D eigenvalue weighted by Crippen LogP contribution is -2.55. The van der Waals surface area contributed by atoms with Crippen molar-refractivity contribution >= 4 is 17.9 Å². The first-order chi connectivity index (χ1) is 20.2. The number of rotatable bonds is 10. The van der Waals surface area contributed by atoms with Gasteiger partial charge in [0.1, 0.15) is 6.10 Å². The molecule has 2 saturated carbocycles. The van der Waals surface area contributed by atoms with Crippen LogP contribution in [0.1, 0.15) is 113 Å². The Labute approximate surface area is 262 Å². The molecule has 44 heavy (non-hydrogen) atoms. The Morgan fingerprint density at radius 2 is 1.73 bits per heavy atom. The second-order valence-electron chi connectivity index (χ2n) is 16.1. The number of aliphatic hydroxyl groups is 2. The van der Waals surface area contributed by atoms with Crippen LogP contribution in [0.4, 0.5) is 0 Å². The number of aliphatic carboxylic acids is 2. The molecule has 9 atom stereocenters. The van der Waals surface area contributed by atoms with E-state index in [1.807, 2.05) is 13.8 Å². The molecule has 0 unspecified atom stereocenters. The largest absolute Gasteiger partial charge is 0.481 e. The number of carboxylic acids is 2. The second kappa shape index (κ2) is 11.7. The molecule has 0 saturated heterocycles. The normalized spacial score (nSPS) is 37.6. The van der Waals surface area contributed by atoms with Gasteiger partial charge in [-0.1, -0.05) is 58.4 Å². The van der Waals surface area contributed by atoms with Crippen LogP contribution in [0.5, 0.6) is 0 Å². The minimum Gasteiger partial charge on any atom is -0.481 e. The third kappa shape index (κ3) is 5.81. The SMILES string of the molecule is CC(C)=CCC[C@@H](C(=O)O)[C@H]1[C@H](O)C[C@@]2(C)C3=CC[C@H]4C(C)(C)[C@H](OC(=O)C[C@@](C)(O)CC(=O)O)CC[C@]4(C)C3=CC[C@]12C. The van der Waals surface area contributed by atoms with Gasteiger partial charge in [-0.15, -0.1) is 0 Å². The summed E-state index contributed by atoms with van der Waals surface area (Å²) in [4.78, 5) is 36.6. The molecular weight excluding hydrogens is 560 g/mol. The van der Waals surface area contributed by atoms with Gasteiger partial charge in [0.2, 0.25) is 0 Å². The van der Waals surface area contributed by atoms with Crippen molar-refractivity contribution in [1.82, 2.24) is 0 Å². The van der Waals surface area contributed by atoms with E-state index in [1.165, 1.54) is 18.1 Å². The Morgan fingerprint density at radius 1 is 1.07 bits per heavy atom. The van der Waals surface area contributed by atoms with Gasteiger partial charge < -0.3 is 25.2 Å². The lowest BCUT2D eigenvalue weighted by atomic mass is 9.44. The summed E-state index contributed by atoms with van der Waals surface area (Å²) in [6, 6.07) is 0. The highest BCUT2D eigenvalue weighted by Crippen LogP contribution is 2.72. The van der Waals surface area contributed by atoms with Gasteiger partial charge in [0, 0.05) is 16.7 Å². The zero-order chi connectivity index (χ0) is 33.0. The van der Waals surface area contributed by atoms with E-state index in [4.69, 9.17) is 9.84 Å². The number of esters is 1. The maximum atomic E-state index is 12.9. The highest BCUT2D eigenvalue weighted by atomic mass is 16.5. The molecule has 0 radical (unpaired) electrons. The molecule has 0 amide bonds. The Bertz CT molecular complexity index is 1270. The third-order valence-electron chi connectivity index (χ3n) is 12.4. The van der Waals surface area contributed by atoms with Crippen LogP contribution in [0.2, 0.25) is 0 Å². The molecule has 246 valence electrons. The molecule has 0 aliphatic heterocycles. The molecule has 4 aliphatic carbocycles. The van der Waals surface area contributed by atoms with Gasteiger partial charge in [0.15, 0.2) is 0 Å². The van der Waals surface area contributed by atoms with Crippen LogP contribution in [-0.4, -0.2) is 56.1 Å². The number of carboxylic acid groups (broad SMARTS) is 2. The van der Waals surface area contributed by atoms with Gasteiger partial charge >= 0.3 is 17.9 Å². The van der Waals surface area contributed by atoms with E-state index >= 15 is 0 Å². The van der Waals surface area contributed by atoms with Crippen molar-refractivity contribution < 1.29 is 39.5 Å². The van der Waals surface area contributed by atoms with Crippen molar-refractivity contribution in [3.8, 4) is 0 Å². The molecule has 2 fully saturated rings. The molecule has 0 aromatic carbocycles. The quantitative estimate of drug-likeness (QED) is 0.162. The first-order valence-corrected chi connectivity index (χ1v) is 16.3. The molecule has 8 nitrogen and oxygen atoms in total. The van der Waals surface area contributed by atoms with E-state index in [1.54, 1.807) is 0 Å². The van der Waals surface area contributed by atoms with Gasteiger partial charge in [-0.25, -0.2) is 0 Å². The predicted molar refractivity (Wildman–Crippen MR) is 168 cm³/mol. The monoisotopic (exact) mass is 614 g/mol. The van der Waals surface area contributed by atoms with Crippen LogP contribution >= 0.6 is 0 Å². The van der Waals surface area contributed by atoms with Crippen molar-refractivity contribution in [3.63, 3.8) is 0 Å². The molecule has 4 N–H and O–H groups in total. The van der Waals surface area contributed by atoms with Crippen LogP contribution in [0.25, 0.3) is 0 Å². The Hall–Kier alpha value is -2.45. The van der Waals surface area contributed by atoms with Crippen LogP contribution < -0.4 is 0 Å². The maximum Gasteiger partial charge on any atom is 0.309 e. The summed E-state index contributed by atoms with van der Waals surface area (Å²) in [5.74, 6) is -3.41. The number of ether oxygens (including phenoxy) is 1. The lowest BCUT2D eigenvalue weighted by Gasteiger charge is -2.61. The average Bonchev–Trinajstić information content (AvgIpc) is 3.07. The van der Waals surface area contributed by atoms with E-state index in [9.17, 15) is 29.7 Å². The second-order valence-corrected chi connectivity index (χ2v) is 16.1. The molecule has 4 rings (SSSR count). The van der Waals surface area contributed by atoms with Crippen LogP contribution in [0.3, 0.4) is 0 Å². The van der Waals surface area contributed by atoms with E-state index in [-0.39, 0.29) is 40.6 Å². The van der Waals surface area contributed by atoms with Gasteiger partial charge in [0.25, 0.3) is 0 Å². The molecule has 0 aromatic rings. The van der Waals surface area contributed by atoms with Gasteiger partial charge in [-0.2, -0.15) is 0 Å². The van der Waals surface area contributed by atoms with E-state index in [0.29, 0.717) is 32.1 Å². The van der Waals surface area contributed by atoms with Crippen molar-refractivity contribution in [2.24, 2.45) is 39.4 Å². The molecule has 0 bridgehead atoms. The van der Waals surface area contributed by atoms with Crippen LogP contribution in [0.15, 0.2) is 34.9 Å². The maximum absolute atomic E-state index is 12.9. The van der Waals surface area contributed by atoms with Gasteiger partial charge in [-0.05, 0) is 93.6 Å². The number of carbonyl (C=O) groups is 3. The first kappa shape index (κ1) is 34.4. The summed E-state index contributed by atoms with van der Waals surface area (Å²) in [5, 5.41) is 41.4. The predicted octanol–water partition coefficient (Wildman–Crippen LogP) is 6.46. The number of hydrogen-bond acceptors (Lipinski definition) is 6. The van der Waals surface area contributed by atoms with Crippen LogP contribution in [-0.2, 0) is 19.1 Å². The van der Waals surface area contributed by atoms with Gasteiger partial charge in [0.05, 0.1) is 30.5 Å². The fraction of sp³-hybridized carbons (Fsp3) is 0.750. The first-order valence-electron chi connectivity index (χ1n) is 16.3. The zero-order valence-corrected chi connectivity index (χ0v) is 27.9. The molecular formula is C36H54O8. The summed E-state index contributed by atoms with van der Waals surface area (Å²) < 4.78 is 5.96. The van der Waals surface area contributed by atoms with Crippen molar-refractivity contribution in [2.75, 3.05) is 0 Å². The molecule has 4 aliphatic rings. The lowest BCUT2D eigenvalue weighted by molar-refractivity contribution is -0.173. The summed E-state index contributed by atoms with van der Waals surface area (Å²) in [7, 11) is 0. The number of allylic oxidation sites excluding steroid dienone is 6. The van der Waals surface area contributed by atoms with Crippen molar-refractivity contribution in [1.29, 1.82) is 0 Å².